The van der Waals surface area contributed by atoms with Gasteiger partial charge in [0.25, 0.3) is 0 Å². The molecule has 0 aromatic heterocycles. The number of rotatable bonds is 4. The van der Waals surface area contributed by atoms with E-state index in [2.05, 4.69) is 55.4 Å². The van der Waals surface area contributed by atoms with Crippen molar-refractivity contribution in [1.29, 1.82) is 0 Å². The Hall–Kier alpha value is 0.194. The molecular weight excluding hydrogens is 356 g/mol. The fraction of sp³-hybridized carbons (Fsp3) is 1.00. The highest BCUT2D eigenvalue weighted by Crippen LogP contribution is 2.47. The van der Waals surface area contributed by atoms with E-state index in [1.165, 1.54) is 0 Å². The van der Waals surface area contributed by atoms with Crippen LogP contribution in [0.5, 0.6) is 0 Å². The minimum absolute atomic E-state index is 0.184. The molecule has 0 aromatic carbocycles. The van der Waals surface area contributed by atoms with Gasteiger partial charge >= 0.3 is 17.1 Å². The molecule has 2 N–H and O–H groups in total. The Morgan fingerprint density at radius 3 is 1.72 bits per heavy atom. The van der Waals surface area contributed by atoms with Crippen molar-refractivity contribution in [2.75, 3.05) is 6.61 Å². The molecule has 0 aliphatic carbocycles. The first-order valence-electron chi connectivity index (χ1n) is 9.51. The van der Waals surface area contributed by atoms with Gasteiger partial charge in [-0.2, -0.15) is 0 Å². The van der Waals surface area contributed by atoms with Crippen LogP contribution in [0.25, 0.3) is 0 Å². The first-order chi connectivity index (χ1) is 11.5. The van der Waals surface area contributed by atoms with Crippen LogP contribution < -0.4 is 0 Å². The van der Waals surface area contributed by atoms with Crippen LogP contribution in [0.4, 0.5) is 0 Å². The van der Waals surface area contributed by atoms with Crippen LogP contribution in [-0.2, 0) is 17.7 Å². The number of hydrogen-bond donors (Lipinski definition) is 2. The van der Waals surface area contributed by atoms with Gasteiger partial charge in [-0.25, -0.2) is 0 Å². The lowest BCUT2D eigenvalue weighted by atomic mass is 10.1. The van der Waals surface area contributed by atoms with E-state index in [1.807, 2.05) is 0 Å². The van der Waals surface area contributed by atoms with E-state index in [9.17, 15) is 10.2 Å². The van der Waals surface area contributed by atoms with Gasteiger partial charge in [0.2, 0.25) is 0 Å². The summed E-state index contributed by atoms with van der Waals surface area (Å²) in [5.41, 5.74) is 0.884. The van der Waals surface area contributed by atoms with Gasteiger partial charge in [0.15, 0.2) is 6.29 Å². The summed E-state index contributed by atoms with van der Waals surface area (Å²) in [7, 11) is -5.34. The maximum Gasteiger partial charge on any atom is 0.335 e. The number of hydrogen-bond acceptors (Lipinski definition) is 6. The predicted molar refractivity (Wildman–Crippen MR) is 101 cm³/mol. The summed E-state index contributed by atoms with van der Waals surface area (Å²) in [6.45, 7) is 17.4. The van der Waals surface area contributed by atoms with Crippen molar-refractivity contribution in [2.24, 2.45) is 0 Å². The molecule has 1 unspecified atom stereocenters. The monoisotopic (exact) mass is 392 g/mol. The summed E-state index contributed by atoms with van der Waals surface area (Å²) >= 11 is 0. The summed E-state index contributed by atoms with van der Waals surface area (Å²) in [6.07, 6.45) is -3.40. The SMILES string of the molecule is CC(C)[Si]1(C(C)C)OC[C@H]2OC(O)[C@@H](O)[C@@H]2O[Si](C(C)C)(C(C)C)O1. The third-order valence-corrected chi connectivity index (χ3v) is 15.9. The highest BCUT2D eigenvalue weighted by Gasteiger charge is 2.61. The Kier molecular flexibility index (Phi) is 6.59. The normalized spacial score (nSPS) is 35.3. The Morgan fingerprint density at radius 1 is 0.800 bits per heavy atom. The molecule has 8 heteroatoms. The highest BCUT2D eigenvalue weighted by molar-refractivity contribution is 6.83. The van der Waals surface area contributed by atoms with Gasteiger partial charge in [0, 0.05) is 0 Å². The van der Waals surface area contributed by atoms with Crippen molar-refractivity contribution >= 4 is 17.1 Å². The smallest absolute Gasteiger partial charge is 0.335 e. The summed E-state index contributed by atoms with van der Waals surface area (Å²) in [5, 5.41) is 20.4. The second-order valence-electron chi connectivity index (χ2n) is 8.61. The summed E-state index contributed by atoms with van der Waals surface area (Å²) < 4.78 is 25.6. The van der Waals surface area contributed by atoms with E-state index in [-0.39, 0.29) is 28.8 Å². The molecule has 0 bridgehead atoms. The van der Waals surface area contributed by atoms with Crippen molar-refractivity contribution in [2.45, 2.75) is 102 Å². The largest absolute Gasteiger partial charge is 0.414 e. The van der Waals surface area contributed by atoms with E-state index in [1.54, 1.807) is 0 Å². The summed E-state index contributed by atoms with van der Waals surface area (Å²) in [5.74, 6) is 0. The maximum atomic E-state index is 10.4. The van der Waals surface area contributed by atoms with Gasteiger partial charge in [-0.3, -0.25) is 0 Å². The third-order valence-electron chi connectivity index (χ3n) is 5.64. The Labute approximate surface area is 154 Å². The van der Waals surface area contributed by atoms with E-state index < -0.39 is 41.7 Å². The average Bonchev–Trinajstić information content (AvgIpc) is 2.73. The maximum absolute atomic E-state index is 10.4. The van der Waals surface area contributed by atoms with Crippen molar-refractivity contribution in [3.63, 3.8) is 0 Å². The molecule has 4 atom stereocenters. The number of aliphatic hydroxyl groups is 2. The van der Waals surface area contributed by atoms with Crippen LogP contribution in [-0.4, -0.2) is 58.5 Å². The fourth-order valence-corrected chi connectivity index (χ4v) is 15.4. The summed E-state index contributed by atoms with van der Waals surface area (Å²) in [4.78, 5) is 0. The van der Waals surface area contributed by atoms with E-state index in [0.717, 1.165) is 0 Å². The van der Waals surface area contributed by atoms with E-state index in [0.29, 0.717) is 0 Å². The van der Waals surface area contributed by atoms with Gasteiger partial charge in [0.05, 0.1) is 6.61 Å². The number of aliphatic hydroxyl groups excluding tert-OH is 2. The zero-order valence-electron chi connectivity index (χ0n) is 16.9. The lowest BCUT2D eigenvalue weighted by Gasteiger charge is -2.51. The van der Waals surface area contributed by atoms with Gasteiger partial charge < -0.3 is 27.9 Å². The molecule has 148 valence electrons. The standard InChI is InChI=1S/C17H36O6Si2/c1-10(2)24(11(3)4)20-9-14-16(15(18)17(19)21-14)22-25(23-24,12(5)6)13(7)8/h10-19H,9H2,1-8H3/t14-,15+,16-,17?/m1/s1. The molecule has 2 heterocycles. The molecule has 0 spiro atoms. The Balaban J connectivity index is 2.53. The molecule has 25 heavy (non-hydrogen) atoms. The van der Waals surface area contributed by atoms with Gasteiger partial charge in [-0.15, -0.1) is 0 Å². The molecule has 6 nitrogen and oxygen atoms in total. The van der Waals surface area contributed by atoms with E-state index >= 15 is 0 Å². The Morgan fingerprint density at radius 2 is 1.28 bits per heavy atom. The van der Waals surface area contributed by atoms with Crippen molar-refractivity contribution < 1.29 is 27.9 Å². The van der Waals surface area contributed by atoms with Gasteiger partial charge in [-0.05, 0) is 22.2 Å². The van der Waals surface area contributed by atoms with Crippen molar-refractivity contribution in [3.05, 3.63) is 0 Å². The molecule has 2 fully saturated rings. The minimum Gasteiger partial charge on any atom is -0.414 e. The second kappa shape index (κ2) is 7.67. The highest BCUT2D eigenvalue weighted by atomic mass is 28.5. The lowest BCUT2D eigenvalue weighted by Crippen LogP contribution is -2.65. The molecule has 0 amide bonds. The molecule has 2 rings (SSSR count). The van der Waals surface area contributed by atoms with Crippen LogP contribution in [0.15, 0.2) is 0 Å². The molecule has 2 aliphatic rings. The lowest BCUT2D eigenvalue weighted by molar-refractivity contribution is -0.132. The summed E-state index contributed by atoms with van der Waals surface area (Å²) in [6, 6.07) is 0. The van der Waals surface area contributed by atoms with Crippen molar-refractivity contribution in [1.82, 2.24) is 0 Å². The van der Waals surface area contributed by atoms with Crippen molar-refractivity contribution in [3.8, 4) is 0 Å². The first kappa shape index (κ1) is 21.5. The molecule has 2 aliphatic heterocycles. The molecule has 2 saturated heterocycles. The molecule has 0 saturated carbocycles. The molecular formula is C17H36O6Si2. The van der Waals surface area contributed by atoms with Crippen LogP contribution in [0, 0.1) is 0 Å². The van der Waals surface area contributed by atoms with Crippen LogP contribution >= 0.6 is 0 Å². The predicted octanol–water partition coefficient (Wildman–Crippen LogP) is 3.02. The average molecular weight is 393 g/mol. The molecule has 0 aromatic rings. The topological polar surface area (TPSA) is 77.4 Å². The zero-order chi connectivity index (χ0) is 19.2. The second-order valence-corrected chi connectivity index (χ2v) is 17.5. The van der Waals surface area contributed by atoms with Gasteiger partial charge in [-0.1, -0.05) is 55.4 Å². The van der Waals surface area contributed by atoms with Crippen LogP contribution in [0.2, 0.25) is 22.2 Å². The van der Waals surface area contributed by atoms with E-state index in [4.69, 9.17) is 17.7 Å². The van der Waals surface area contributed by atoms with Crippen LogP contribution in [0.1, 0.15) is 55.4 Å². The molecule has 0 radical (unpaired) electrons. The fourth-order valence-electron chi connectivity index (χ4n) is 4.14. The van der Waals surface area contributed by atoms with Crippen LogP contribution in [0.3, 0.4) is 0 Å². The number of ether oxygens (including phenoxy) is 1. The van der Waals surface area contributed by atoms with Gasteiger partial charge in [0.1, 0.15) is 18.3 Å². The third kappa shape index (κ3) is 3.64. The number of fused-ring (bicyclic) bond motifs is 1. The minimum atomic E-state index is -2.75. The zero-order valence-corrected chi connectivity index (χ0v) is 18.9. The quantitative estimate of drug-likeness (QED) is 0.716. The first-order valence-corrected chi connectivity index (χ1v) is 13.5. The Bertz CT molecular complexity index is 440.